The second-order valence-corrected chi connectivity index (χ2v) is 8.81. The summed E-state index contributed by atoms with van der Waals surface area (Å²) in [4.78, 5) is 5.07. The molecule has 2 aliphatic rings. The van der Waals surface area contributed by atoms with Crippen molar-refractivity contribution in [2.75, 3.05) is 33.1 Å². The number of benzene rings is 1. The van der Waals surface area contributed by atoms with Gasteiger partial charge in [-0.3, -0.25) is 4.99 Å². The number of rotatable bonds is 5. The fourth-order valence-corrected chi connectivity index (χ4v) is 3.99. The Labute approximate surface area is 149 Å². The highest BCUT2D eigenvalue weighted by molar-refractivity contribution is 7.90. The Kier molecular flexibility index (Phi) is 5.76. The SMILES string of the molecule is COC1CCC(=NCC2CCOC2)NC1c1ccc(S(C)(=O)=O)cc1. The van der Waals surface area contributed by atoms with Crippen LogP contribution in [0.5, 0.6) is 0 Å². The molecule has 0 aromatic heterocycles. The third kappa shape index (κ3) is 4.59. The molecule has 2 fully saturated rings. The Morgan fingerprint density at radius 2 is 2.04 bits per heavy atom. The Bertz CT molecular complexity index is 709. The largest absolute Gasteiger partial charge is 0.381 e. The molecule has 3 unspecified atom stereocenters. The number of hydrogen-bond acceptors (Lipinski definition) is 5. The van der Waals surface area contributed by atoms with Crippen LogP contribution in [0, 0.1) is 5.92 Å². The number of sulfone groups is 1. The predicted molar refractivity (Wildman–Crippen MR) is 96.7 cm³/mol. The number of methoxy groups -OCH3 is 1. The molecule has 2 saturated heterocycles. The van der Waals surface area contributed by atoms with Crippen molar-refractivity contribution in [1.29, 1.82) is 0 Å². The van der Waals surface area contributed by atoms with Crippen LogP contribution in [0.3, 0.4) is 0 Å². The van der Waals surface area contributed by atoms with E-state index in [2.05, 4.69) is 5.32 Å². The lowest BCUT2D eigenvalue weighted by Gasteiger charge is -2.33. The van der Waals surface area contributed by atoms with Crippen molar-refractivity contribution in [2.24, 2.45) is 10.9 Å². The van der Waals surface area contributed by atoms with Crippen molar-refractivity contribution in [3.8, 4) is 0 Å². The van der Waals surface area contributed by atoms with E-state index in [0.29, 0.717) is 10.8 Å². The molecule has 0 radical (unpaired) electrons. The molecule has 2 aliphatic heterocycles. The Morgan fingerprint density at radius 3 is 2.64 bits per heavy atom. The number of nitrogens with zero attached hydrogens (tertiary/aromatic N) is 1. The lowest BCUT2D eigenvalue weighted by atomic mass is 9.94. The van der Waals surface area contributed by atoms with E-state index in [-0.39, 0.29) is 12.1 Å². The van der Waals surface area contributed by atoms with Crippen molar-refractivity contribution in [2.45, 2.75) is 36.3 Å². The molecule has 0 saturated carbocycles. The molecular weight excluding hydrogens is 340 g/mol. The Morgan fingerprint density at radius 1 is 1.28 bits per heavy atom. The first kappa shape index (κ1) is 18.4. The highest BCUT2D eigenvalue weighted by atomic mass is 32.2. The second-order valence-electron chi connectivity index (χ2n) is 6.79. The lowest BCUT2D eigenvalue weighted by molar-refractivity contribution is 0.0616. The van der Waals surface area contributed by atoms with Crippen LogP contribution in [0.2, 0.25) is 0 Å². The molecule has 0 amide bonds. The van der Waals surface area contributed by atoms with E-state index in [4.69, 9.17) is 14.5 Å². The van der Waals surface area contributed by atoms with E-state index < -0.39 is 9.84 Å². The van der Waals surface area contributed by atoms with E-state index in [9.17, 15) is 8.42 Å². The van der Waals surface area contributed by atoms with Gasteiger partial charge in [-0.15, -0.1) is 0 Å². The molecule has 0 spiro atoms. The van der Waals surface area contributed by atoms with Crippen molar-refractivity contribution in [3.63, 3.8) is 0 Å². The molecule has 0 aliphatic carbocycles. The van der Waals surface area contributed by atoms with Crippen LogP contribution in [0.15, 0.2) is 34.2 Å². The normalized spacial score (nSPS) is 28.9. The van der Waals surface area contributed by atoms with Gasteiger partial charge in [-0.25, -0.2) is 8.42 Å². The maximum absolute atomic E-state index is 11.6. The molecule has 3 rings (SSSR count). The van der Waals surface area contributed by atoms with Crippen LogP contribution in [-0.4, -0.2) is 53.5 Å². The van der Waals surface area contributed by atoms with Gasteiger partial charge in [0.05, 0.1) is 29.5 Å². The average molecular weight is 366 g/mol. The summed E-state index contributed by atoms with van der Waals surface area (Å²) in [6, 6.07) is 6.99. The average Bonchev–Trinajstić information content (AvgIpc) is 3.12. The van der Waals surface area contributed by atoms with E-state index in [1.165, 1.54) is 6.26 Å². The van der Waals surface area contributed by atoms with Crippen molar-refractivity contribution >= 4 is 15.7 Å². The molecular formula is C18H26N2O4S. The minimum Gasteiger partial charge on any atom is -0.381 e. The van der Waals surface area contributed by atoms with Crippen LogP contribution < -0.4 is 5.32 Å². The van der Waals surface area contributed by atoms with Crippen LogP contribution >= 0.6 is 0 Å². The summed E-state index contributed by atoms with van der Waals surface area (Å²) < 4.78 is 34.3. The zero-order valence-electron chi connectivity index (χ0n) is 14.8. The fourth-order valence-electron chi connectivity index (χ4n) is 3.36. The molecule has 1 aromatic carbocycles. The number of hydrogen-bond donors (Lipinski definition) is 1. The van der Waals surface area contributed by atoms with Gasteiger partial charge < -0.3 is 14.8 Å². The number of piperidine rings is 1. The van der Waals surface area contributed by atoms with E-state index in [1.807, 2.05) is 12.1 Å². The number of amidine groups is 1. The first-order chi connectivity index (χ1) is 12.0. The van der Waals surface area contributed by atoms with Gasteiger partial charge >= 0.3 is 0 Å². The molecule has 1 N–H and O–H groups in total. The highest BCUT2D eigenvalue weighted by Gasteiger charge is 2.29. The summed E-state index contributed by atoms with van der Waals surface area (Å²) in [7, 11) is -1.47. The van der Waals surface area contributed by atoms with Crippen molar-refractivity contribution in [3.05, 3.63) is 29.8 Å². The van der Waals surface area contributed by atoms with Gasteiger partial charge in [0.25, 0.3) is 0 Å². The quantitative estimate of drug-likeness (QED) is 0.862. The van der Waals surface area contributed by atoms with Gasteiger partial charge in [0.2, 0.25) is 0 Å². The van der Waals surface area contributed by atoms with Crippen LogP contribution in [0.4, 0.5) is 0 Å². The molecule has 25 heavy (non-hydrogen) atoms. The first-order valence-electron chi connectivity index (χ1n) is 8.68. The smallest absolute Gasteiger partial charge is 0.175 e. The van der Waals surface area contributed by atoms with Crippen molar-refractivity contribution in [1.82, 2.24) is 5.32 Å². The summed E-state index contributed by atoms with van der Waals surface area (Å²) in [5.74, 6) is 1.51. The summed E-state index contributed by atoms with van der Waals surface area (Å²) >= 11 is 0. The van der Waals surface area contributed by atoms with Gasteiger partial charge in [-0.1, -0.05) is 12.1 Å². The van der Waals surface area contributed by atoms with Crippen LogP contribution in [0.25, 0.3) is 0 Å². The molecule has 6 nitrogen and oxygen atoms in total. The third-order valence-electron chi connectivity index (χ3n) is 4.89. The van der Waals surface area contributed by atoms with Crippen molar-refractivity contribution < 1.29 is 17.9 Å². The second kappa shape index (κ2) is 7.85. The summed E-state index contributed by atoms with van der Waals surface area (Å²) in [6.07, 6.45) is 4.09. The zero-order valence-corrected chi connectivity index (χ0v) is 15.6. The zero-order chi connectivity index (χ0) is 17.9. The van der Waals surface area contributed by atoms with E-state index in [1.54, 1.807) is 19.2 Å². The van der Waals surface area contributed by atoms with Gasteiger partial charge in [-0.2, -0.15) is 0 Å². The van der Waals surface area contributed by atoms with E-state index >= 15 is 0 Å². The summed E-state index contributed by atoms with van der Waals surface area (Å²) in [5, 5.41) is 3.49. The highest BCUT2D eigenvalue weighted by Crippen LogP contribution is 2.27. The minimum atomic E-state index is -3.19. The maximum atomic E-state index is 11.6. The predicted octanol–water partition coefficient (Wildman–Crippen LogP) is 1.96. The number of aliphatic imine (C=N–C) groups is 1. The molecule has 7 heteroatoms. The number of ether oxygens (including phenoxy) is 2. The topological polar surface area (TPSA) is 77.0 Å². The number of nitrogens with one attached hydrogen (secondary N) is 1. The monoisotopic (exact) mass is 366 g/mol. The fraction of sp³-hybridized carbons (Fsp3) is 0.611. The lowest BCUT2D eigenvalue weighted by Crippen LogP contribution is -2.42. The van der Waals surface area contributed by atoms with E-state index in [0.717, 1.165) is 50.4 Å². The van der Waals surface area contributed by atoms with Gasteiger partial charge in [0, 0.05) is 38.9 Å². The minimum absolute atomic E-state index is 0.0223. The Hall–Kier alpha value is -1.44. The summed E-state index contributed by atoms with van der Waals surface area (Å²) in [5.41, 5.74) is 1.01. The standard InChI is InChI=1S/C18H26N2O4S/c1-23-16-7-8-17(19-11-13-9-10-24-12-13)20-18(16)14-3-5-15(6-4-14)25(2,21)22/h3-6,13,16,18H,7-12H2,1-2H3,(H,19,20). The third-order valence-corrected chi connectivity index (χ3v) is 6.02. The van der Waals surface area contributed by atoms with Crippen LogP contribution in [0.1, 0.15) is 30.9 Å². The van der Waals surface area contributed by atoms with Crippen LogP contribution in [-0.2, 0) is 19.3 Å². The van der Waals surface area contributed by atoms with Gasteiger partial charge in [0.1, 0.15) is 0 Å². The maximum Gasteiger partial charge on any atom is 0.175 e. The molecule has 1 aromatic rings. The summed E-state index contributed by atoms with van der Waals surface area (Å²) in [6.45, 7) is 2.43. The Balaban J connectivity index is 1.73. The van der Waals surface area contributed by atoms with Gasteiger partial charge in [-0.05, 0) is 30.5 Å². The molecule has 138 valence electrons. The molecule has 2 heterocycles. The first-order valence-corrected chi connectivity index (χ1v) is 10.6. The molecule has 3 atom stereocenters. The van der Waals surface area contributed by atoms with Gasteiger partial charge in [0.15, 0.2) is 9.84 Å². The molecule has 0 bridgehead atoms.